The fourth-order valence-electron chi connectivity index (χ4n) is 4.27. The van der Waals surface area contributed by atoms with Gasteiger partial charge in [-0.15, -0.1) is 0 Å². The van der Waals surface area contributed by atoms with E-state index in [1.54, 1.807) is 0 Å². The van der Waals surface area contributed by atoms with Crippen LogP contribution in [0.2, 0.25) is 0 Å². The molecule has 0 bridgehead atoms. The van der Waals surface area contributed by atoms with E-state index in [1.807, 2.05) is 21.1 Å². The molecule has 37 heavy (non-hydrogen) atoms. The number of aliphatic hydroxyl groups excluding tert-OH is 1. The minimum absolute atomic E-state index is 0.00655. The Morgan fingerprint density at radius 1 is 0.811 bits per heavy atom. The van der Waals surface area contributed by atoms with Gasteiger partial charge in [0.25, 0.3) is 7.82 Å². The van der Waals surface area contributed by atoms with Crippen LogP contribution in [0.4, 0.5) is 0 Å². The number of esters is 1. The van der Waals surface area contributed by atoms with Gasteiger partial charge in [0.2, 0.25) is 0 Å². The predicted molar refractivity (Wildman–Crippen MR) is 148 cm³/mol. The Balaban J connectivity index is 4.15. The minimum atomic E-state index is -4.60. The van der Waals surface area contributed by atoms with Crippen molar-refractivity contribution >= 4 is 13.8 Å². The molecule has 3 atom stereocenters. The number of hydrogen-bond donors (Lipinski definition) is 1. The van der Waals surface area contributed by atoms with E-state index < -0.39 is 32.6 Å². The van der Waals surface area contributed by atoms with Crippen molar-refractivity contribution in [3.8, 4) is 0 Å². The van der Waals surface area contributed by atoms with E-state index in [9.17, 15) is 19.4 Å². The summed E-state index contributed by atoms with van der Waals surface area (Å²) in [6, 6.07) is 0. The first-order valence-electron chi connectivity index (χ1n) is 14.7. The molecule has 1 N–H and O–H groups in total. The molecule has 0 amide bonds. The van der Waals surface area contributed by atoms with Gasteiger partial charge in [-0.3, -0.25) is 9.36 Å². The molecular formula is C28H58NO7P. The molecule has 0 saturated heterocycles. The van der Waals surface area contributed by atoms with E-state index in [0.717, 1.165) is 25.7 Å². The number of carbonyl (C=O) groups excluding carboxylic acids is 1. The van der Waals surface area contributed by atoms with Crippen molar-refractivity contribution in [3.63, 3.8) is 0 Å². The fourth-order valence-corrected chi connectivity index (χ4v) is 5.21. The molecule has 0 heterocycles. The quantitative estimate of drug-likeness (QED) is 0.0596. The molecule has 0 spiro atoms. The van der Waals surface area contributed by atoms with Crippen LogP contribution in [0.3, 0.4) is 0 Å². The molecule has 2 unspecified atom stereocenters. The molecule has 222 valence electrons. The monoisotopic (exact) mass is 551 g/mol. The molecule has 0 aliphatic heterocycles. The summed E-state index contributed by atoms with van der Waals surface area (Å²) in [5.41, 5.74) is 0. The maximum absolute atomic E-state index is 12.4. The largest absolute Gasteiger partial charge is 0.756 e. The first-order valence-corrected chi connectivity index (χ1v) is 16.2. The molecule has 0 aromatic heterocycles. The molecule has 0 radical (unpaired) electrons. The highest BCUT2D eigenvalue weighted by atomic mass is 31.2. The zero-order valence-corrected chi connectivity index (χ0v) is 25.5. The van der Waals surface area contributed by atoms with Crippen molar-refractivity contribution in [2.45, 2.75) is 135 Å². The first kappa shape index (κ1) is 36.5. The number of phosphoric ester groups is 1. The number of rotatable bonds is 26. The SMILES string of the molecule is CCCCCCCCCCCCCCCCCCC(OP(=O)([O-])OCC[N+](C)(C)C)[C@H](CO)OC(C)=O. The lowest BCUT2D eigenvalue weighted by Gasteiger charge is -2.32. The van der Waals surface area contributed by atoms with Crippen LogP contribution in [0.1, 0.15) is 123 Å². The molecule has 0 aliphatic rings. The number of aliphatic hydroxyl groups is 1. The standard InChI is InChI=1S/C28H58NO7P/c1-6-7-8-9-10-11-12-13-14-15-16-17-18-19-20-21-22-27(28(25-30)35-26(2)31)36-37(32,33)34-24-23-29(3,4)5/h27-28,30H,6-25H2,1-5H3/t27?,28-/m0/s1. The number of quaternary nitrogens is 1. The van der Waals surface area contributed by atoms with Crippen molar-refractivity contribution in [1.29, 1.82) is 0 Å². The van der Waals surface area contributed by atoms with E-state index in [-0.39, 0.29) is 6.61 Å². The summed E-state index contributed by atoms with van der Waals surface area (Å²) >= 11 is 0. The summed E-state index contributed by atoms with van der Waals surface area (Å²) in [5, 5.41) is 9.67. The Kier molecular flexibility index (Phi) is 22.0. The Labute approximate surface area is 227 Å². The third-order valence-electron chi connectivity index (χ3n) is 6.53. The van der Waals surface area contributed by atoms with Crippen LogP contribution in [0.5, 0.6) is 0 Å². The smallest absolute Gasteiger partial charge is 0.303 e. The average Bonchev–Trinajstić information content (AvgIpc) is 2.80. The van der Waals surface area contributed by atoms with Gasteiger partial charge in [0.15, 0.2) is 6.10 Å². The van der Waals surface area contributed by atoms with Crippen LogP contribution in [0.15, 0.2) is 0 Å². The van der Waals surface area contributed by atoms with Gasteiger partial charge in [-0.2, -0.15) is 0 Å². The normalized spacial score (nSPS) is 15.3. The number of ether oxygens (including phenoxy) is 1. The van der Waals surface area contributed by atoms with Gasteiger partial charge >= 0.3 is 5.97 Å². The van der Waals surface area contributed by atoms with Crippen molar-refractivity contribution in [1.82, 2.24) is 0 Å². The van der Waals surface area contributed by atoms with Crippen LogP contribution in [0.25, 0.3) is 0 Å². The van der Waals surface area contributed by atoms with Crippen LogP contribution in [-0.4, -0.2) is 68.7 Å². The third-order valence-corrected chi connectivity index (χ3v) is 7.56. The first-order chi connectivity index (χ1) is 17.5. The minimum Gasteiger partial charge on any atom is -0.756 e. The maximum Gasteiger partial charge on any atom is 0.303 e. The van der Waals surface area contributed by atoms with Crippen molar-refractivity contribution in [3.05, 3.63) is 0 Å². The summed E-state index contributed by atoms with van der Waals surface area (Å²) < 4.78 is 28.3. The number of nitrogens with zero attached hydrogens (tertiary/aromatic N) is 1. The lowest BCUT2D eigenvalue weighted by atomic mass is 10.0. The highest BCUT2D eigenvalue weighted by Gasteiger charge is 2.29. The lowest BCUT2D eigenvalue weighted by Crippen LogP contribution is -2.39. The second kappa shape index (κ2) is 22.3. The van der Waals surface area contributed by atoms with Gasteiger partial charge in [-0.25, -0.2) is 0 Å². The van der Waals surface area contributed by atoms with Gasteiger partial charge in [-0.05, 0) is 6.42 Å². The highest BCUT2D eigenvalue weighted by Crippen LogP contribution is 2.41. The molecular weight excluding hydrogens is 493 g/mol. The zero-order valence-electron chi connectivity index (χ0n) is 24.6. The summed E-state index contributed by atoms with van der Waals surface area (Å²) in [6.45, 7) is 3.46. The van der Waals surface area contributed by atoms with E-state index >= 15 is 0 Å². The summed E-state index contributed by atoms with van der Waals surface area (Å²) in [7, 11) is 1.20. The molecule has 0 aliphatic carbocycles. The van der Waals surface area contributed by atoms with Crippen LogP contribution in [-0.2, 0) is 23.1 Å². The van der Waals surface area contributed by atoms with Crippen molar-refractivity contribution in [2.75, 3.05) is 40.9 Å². The molecule has 0 aromatic rings. The molecule has 0 rings (SSSR count). The lowest BCUT2D eigenvalue weighted by molar-refractivity contribution is -0.870. The molecule has 0 saturated carbocycles. The number of likely N-dealkylation sites (N-methyl/N-ethyl adjacent to an activating group) is 1. The van der Waals surface area contributed by atoms with E-state index in [0.29, 0.717) is 17.4 Å². The average molecular weight is 552 g/mol. The number of unbranched alkanes of at least 4 members (excludes halogenated alkanes) is 15. The van der Waals surface area contributed by atoms with Gasteiger partial charge in [0, 0.05) is 6.92 Å². The van der Waals surface area contributed by atoms with Gasteiger partial charge < -0.3 is 28.3 Å². The van der Waals surface area contributed by atoms with Crippen LogP contribution < -0.4 is 4.89 Å². The summed E-state index contributed by atoms with van der Waals surface area (Å²) in [4.78, 5) is 23.8. The molecule has 8 nitrogen and oxygen atoms in total. The Morgan fingerprint density at radius 2 is 1.24 bits per heavy atom. The number of carbonyl (C=O) groups is 1. The second-order valence-corrected chi connectivity index (χ2v) is 12.7. The number of phosphoric acid groups is 1. The van der Waals surface area contributed by atoms with E-state index in [2.05, 4.69) is 6.92 Å². The molecule has 9 heteroatoms. The fraction of sp³-hybridized carbons (Fsp3) is 0.964. The van der Waals surface area contributed by atoms with Crippen molar-refractivity contribution in [2.24, 2.45) is 0 Å². The topological polar surface area (TPSA) is 105 Å². The van der Waals surface area contributed by atoms with Gasteiger partial charge in [-0.1, -0.05) is 110 Å². The molecule has 0 aromatic carbocycles. The summed E-state index contributed by atoms with van der Waals surface area (Å²) in [6.07, 6.45) is 18.3. The molecule has 0 fully saturated rings. The van der Waals surface area contributed by atoms with Gasteiger partial charge in [0.05, 0.1) is 27.7 Å². The maximum atomic E-state index is 12.4. The second-order valence-electron chi connectivity index (χ2n) is 11.4. The third kappa shape index (κ3) is 24.3. The van der Waals surface area contributed by atoms with E-state index in [1.165, 1.54) is 84.0 Å². The predicted octanol–water partition coefficient (Wildman–Crippen LogP) is 6.14. The Morgan fingerprint density at radius 3 is 1.62 bits per heavy atom. The Bertz CT molecular complexity index is 598. The van der Waals surface area contributed by atoms with Crippen molar-refractivity contribution < 1.29 is 37.6 Å². The van der Waals surface area contributed by atoms with Gasteiger partial charge in [0.1, 0.15) is 19.3 Å². The zero-order chi connectivity index (χ0) is 28.0. The van der Waals surface area contributed by atoms with Crippen LogP contribution >= 0.6 is 7.82 Å². The highest BCUT2D eigenvalue weighted by molar-refractivity contribution is 7.45. The summed E-state index contributed by atoms with van der Waals surface area (Å²) in [5.74, 6) is -0.591. The Hall–Kier alpha value is -0.500. The number of hydrogen-bond acceptors (Lipinski definition) is 7. The van der Waals surface area contributed by atoms with Crippen LogP contribution in [0, 0.1) is 0 Å². The van der Waals surface area contributed by atoms with E-state index in [4.69, 9.17) is 13.8 Å².